The van der Waals surface area contributed by atoms with Gasteiger partial charge >= 0.3 is 0 Å². The number of nitrogens with zero attached hydrogens (tertiary/aromatic N) is 1. The number of sulfone groups is 1. The molecule has 19 heavy (non-hydrogen) atoms. The SMILES string of the molecule is O=S(=O)(/C=C(\c1ccccc1)N1CCOCC1)CCl. The Morgan fingerprint density at radius 2 is 1.89 bits per heavy atom. The fourth-order valence-corrected chi connectivity index (χ4v) is 2.82. The maximum Gasteiger partial charge on any atom is 0.187 e. The maximum absolute atomic E-state index is 11.8. The smallest absolute Gasteiger partial charge is 0.187 e. The summed E-state index contributed by atoms with van der Waals surface area (Å²) < 4.78 is 28.8. The minimum Gasteiger partial charge on any atom is -0.378 e. The lowest BCUT2D eigenvalue weighted by Crippen LogP contribution is -2.35. The van der Waals surface area contributed by atoms with E-state index in [0.29, 0.717) is 32.0 Å². The summed E-state index contributed by atoms with van der Waals surface area (Å²) in [5, 5.41) is 0.855. The summed E-state index contributed by atoms with van der Waals surface area (Å²) in [5.74, 6) is 0. The Morgan fingerprint density at radius 1 is 1.26 bits per heavy atom. The van der Waals surface area contributed by atoms with Gasteiger partial charge in [-0.05, 0) is 5.56 Å². The maximum atomic E-state index is 11.8. The molecule has 0 radical (unpaired) electrons. The number of halogens is 1. The van der Waals surface area contributed by atoms with Gasteiger partial charge in [-0.15, -0.1) is 11.6 Å². The lowest BCUT2D eigenvalue weighted by molar-refractivity contribution is 0.0640. The molecule has 1 heterocycles. The van der Waals surface area contributed by atoms with Crippen LogP contribution in [0.1, 0.15) is 5.56 Å². The number of benzene rings is 1. The first-order chi connectivity index (χ1) is 9.12. The third kappa shape index (κ3) is 3.96. The minimum absolute atomic E-state index is 0.409. The molecule has 0 unspecified atom stereocenters. The van der Waals surface area contributed by atoms with E-state index in [2.05, 4.69) is 0 Å². The molecular weight excluding hydrogens is 286 g/mol. The van der Waals surface area contributed by atoms with Crippen molar-refractivity contribution in [1.82, 2.24) is 4.90 Å². The highest BCUT2D eigenvalue weighted by Crippen LogP contribution is 2.22. The predicted octanol–water partition coefficient (Wildman–Crippen LogP) is 1.93. The molecule has 0 spiro atoms. The quantitative estimate of drug-likeness (QED) is 0.797. The lowest BCUT2D eigenvalue weighted by Gasteiger charge is -2.31. The zero-order valence-electron chi connectivity index (χ0n) is 10.5. The van der Waals surface area contributed by atoms with Crippen LogP contribution in [0.25, 0.3) is 5.70 Å². The van der Waals surface area contributed by atoms with Crippen LogP contribution in [0.5, 0.6) is 0 Å². The molecule has 6 heteroatoms. The van der Waals surface area contributed by atoms with E-state index in [1.807, 2.05) is 35.2 Å². The lowest BCUT2D eigenvalue weighted by atomic mass is 10.1. The van der Waals surface area contributed by atoms with Crippen molar-refractivity contribution in [2.24, 2.45) is 0 Å². The van der Waals surface area contributed by atoms with Crippen molar-refractivity contribution in [2.45, 2.75) is 0 Å². The number of rotatable bonds is 4. The Morgan fingerprint density at radius 3 is 2.47 bits per heavy atom. The molecule has 1 aromatic carbocycles. The fourth-order valence-electron chi connectivity index (χ4n) is 1.94. The molecule has 0 aromatic heterocycles. The molecule has 0 saturated carbocycles. The summed E-state index contributed by atoms with van der Waals surface area (Å²) in [6.07, 6.45) is 0. The number of hydrogen-bond acceptors (Lipinski definition) is 4. The van der Waals surface area contributed by atoms with Gasteiger partial charge in [0.2, 0.25) is 0 Å². The molecule has 1 aliphatic rings. The van der Waals surface area contributed by atoms with Crippen LogP contribution in [0.15, 0.2) is 35.7 Å². The standard InChI is InChI=1S/C13H16ClNO3S/c14-11-19(16,17)10-13(12-4-2-1-3-5-12)15-6-8-18-9-7-15/h1-5,10H,6-9,11H2/b13-10+. The first-order valence-electron chi connectivity index (χ1n) is 6.01. The highest BCUT2D eigenvalue weighted by molar-refractivity contribution is 7.95. The molecule has 1 aliphatic heterocycles. The Hall–Kier alpha value is -1.04. The zero-order chi connectivity index (χ0) is 13.7. The van der Waals surface area contributed by atoms with Crippen LogP contribution in [0.3, 0.4) is 0 Å². The molecular formula is C13H16ClNO3S. The Bertz CT molecular complexity index is 536. The zero-order valence-corrected chi connectivity index (χ0v) is 12.0. The summed E-state index contributed by atoms with van der Waals surface area (Å²) in [6.45, 7) is 2.56. The molecule has 0 N–H and O–H groups in total. The van der Waals surface area contributed by atoms with Gasteiger partial charge in [-0.25, -0.2) is 8.42 Å². The molecule has 1 saturated heterocycles. The summed E-state index contributed by atoms with van der Waals surface area (Å²) in [7, 11) is -3.40. The third-order valence-electron chi connectivity index (χ3n) is 2.86. The Kier molecular flexibility index (Phi) is 4.85. The van der Waals surface area contributed by atoms with Crippen LogP contribution < -0.4 is 0 Å². The summed E-state index contributed by atoms with van der Waals surface area (Å²) >= 11 is 5.49. The van der Waals surface area contributed by atoms with Crippen molar-refractivity contribution in [3.8, 4) is 0 Å². The molecule has 4 nitrogen and oxygen atoms in total. The Labute approximate surface area is 118 Å². The average molecular weight is 302 g/mol. The summed E-state index contributed by atoms with van der Waals surface area (Å²) in [6, 6.07) is 9.46. The van der Waals surface area contributed by atoms with Crippen LogP contribution in [0, 0.1) is 0 Å². The van der Waals surface area contributed by atoms with Crippen LogP contribution in [-0.2, 0) is 14.6 Å². The van der Waals surface area contributed by atoms with Gasteiger partial charge in [0.1, 0.15) is 5.21 Å². The monoisotopic (exact) mass is 301 g/mol. The summed E-state index contributed by atoms with van der Waals surface area (Å²) in [5.41, 5.74) is 1.56. The topological polar surface area (TPSA) is 46.6 Å². The van der Waals surface area contributed by atoms with E-state index in [0.717, 1.165) is 5.56 Å². The van der Waals surface area contributed by atoms with E-state index in [-0.39, 0.29) is 0 Å². The molecule has 0 aliphatic carbocycles. The predicted molar refractivity (Wildman–Crippen MR) is 76.5 cm³/mol. The molecule has 0 bridgehead atoms. The van der Waals surface area contributed by atoms with E-state index in [9.17, 15) is 8.42 Å². The second-order valence-corrected chi connectivity index (χ2v) is 6.67. The van der Waals surface area contributed by atoms with Gasteiger partial charge in [0.25, 0.3) is 0 Å². The largest absolute Gasteiger partial charge is 0.378 e. The van der Waals surface area contributed by atoms with Gasteiger partial charge in [0, 0.05) is 13.1 Å². The van der Waals surface area contributed by atoms with Gasteiger partial charge in [-0.1, -0.05) is 30.3 Å². The second kappa shape index (κ2) is 6.41. The normalized spacial score (nSPS) is 17.5. The second-order valence-electron chi connectivity index (χ2n) is 4.24. The first kappa shape index (κ1) is 14.4. The molecule has 0 atom stereocenters. The van der Waals surface area contributed by atoms with Crippen LogP contribution >= 0.6 is 11.6 Å². The number of alkyl halides is 1. The first-order valence-corrected chi connectivity index (χ1v) is 8.26. The van der Waals surface area contributed by atoms with Gasteiger partial charge in [0.05, 0.1) is 24.3 Å². The van der Waals surface area contributed by atoms with E-state index in [1.54, 1.807) is 0 Å². The molecule has 1 aromatic rings. The van der Waals surface area contributed by atoms with Gasteiger partial charge in [-0.3, -0.25) is 0 Å². The van der Waals surface area contributed by atoms with E-state index >= 15 is 0 Å². The van der Waals surface area contributed by atoms with Crippen molar-refractivity contribution < 1.29 is 13.2 Å². The van der Waals surface area contributed by atoms with E-state index in [1.165, 1.54) is 5.41 Å². The van der Waals surface area contributed by atoms with E-state index < -0.39 is 15.0 Å². The average Bonchev–Trinajstić information content (AvgIpc) is 2.47. The Balaban J connectivity index is 2.39. The van der Waals surface area contributed by atoms with Crippen molar-refractivity contribution >= 4 is 27.1 Å². The van der Waals surface area contributed by atoms with Crippen molar-refractivity contribution in [3.63, 3.8) is 0 Å². The van der Waals surface area contributed by atoms with Crippen molar-refractivity contribution in [3.05, 3.63) is 41.3 Å². The number of ether oxygens (including phenoxy) is 1. The number of hydrogen-bond donors (Lipinski definition) is 0. The van der Waals surface area contributed by atoms with Crippen LogP contribution in [0.2, 0.25) is 0 Å². The van der Waals surface area contributed by atoms with Crippen molar-refractivity contribution in [2.75, 3.05) is 31.5 Å². The van der Waals surface area contributed by atoms with Gasteiger partial charge < -0.3 is 9.64 Å². The molecule has 0 amide bonds. The van der Waals surface area contributed by atoms with Crippen molar-refractivity contribution in [1.29, 1.82) is 0 Å². The highest BCUT2D eigenvalue weighted by Gasteiger charge is 2.18. The van der Waals surface area contributed by atoms with E-state index in [4.69, 9.17) is 16.3 Å². The van der Waals surface area contributed by atoms with Gasteiger partial charge in [0.15, 0.2) is 9.84 Å². The highest BCUT2D eigenvalue weighted by atomic mass is 35.5. The minimum atomic E-state index is -3.40. The van der Waals surface area contributed by atoms with Crippen LogP contribution in [-0.4, -0.2) is 44.8 Å². The fraction of sp³-hybridized carbons (Fsp3) is 0.385. The molecule has 1 fully saturated rings. The van der Waals surface area contributed by atoms with Crippen LogP contribution in [0.4, 0.5) is 0 Å². The molecule has 104 valence electrons. The van der Waals surface area contributed by atoms with Gasteiger partial charge in [-0.2, -0.15) is 0 Å². The number of morpholine rings is 1. The summed E-state index contributed by atoms with van der Waals surface area (Å²) in [4.78, 5) is 2.02. The third-order valence-corrected chi connectivity index (χ3v) is 4.66. The molecule has 2 rings (SSSR count).